The van der Waals surface area contributed by atoms with Crippen LogP contribution in [0.2, 0.25) is 0 Å². The number of hydrogen-bond acceptors (Lipinski definition) is 4. The van der Waals surface area contributed by atoms with Gasteiger partial charge < -0.3 is 10.5 Å². The first-order chi connectivity index (χ1) is 9.57. The van der Waals surface area contributed by atoms with Crippen LogP contribution in [0.3, 0.4) is 0 Å². The largest absolute Gasteiger partial charge is 0.367 e. The van der Waals surface area contributed by atoms with E-state index in [4.69, 9.17) is 10.5 Å². The van der Waals surface area contributed by atoms with Gasteiger partial charge in [0.25, 0.3) is 5.91 Å². The van der Waals surface area contributed by atoms with Crippen molar-refractivity contribution >= 4 is 27.3 Å². The van der Waals surface area contributed by atoms with Crippen LogP contribution in [0.5, 0.6) is 0 Å². The van der Waals surface area contributed by atoms with E-state index in [1.807, 2.05) is 0 Å². The zero-order valence-electron chi connectivity index (χ0n) is 11.5. The molecule has 5 heteroatoms. The molecule has 0 radical (unpaired) electrons. The summed E-state index contributed by atoms with van der Waals surface area (Å²) >= 11 is 1.80. The molecule has 0 spiro atoms. The van der Waals surface area contributed by atoms with Gasteiger partial charge in [0, 0.05) is 29.2 Å². The van der Waals surface area contributed by atoms with E-state index in [0.29, 0.717) is 13.2 Å². The maximum Gasteiger partial charge on any atom is 0.250 e. The van der Waals surface area contributed by atoms with Gasteiger partial charge in [0.15, 0.2) is 5.60 Å². The van der Waals surface area contributed by atoms with Crippen LogP contribution in [0, 0.1) is 0 Å². The Balaban J connectivity index is 1.75. The van der Waals surface area contributed by atoms with Crippen LogP contribution < -0.4 is 5.73 Å². The van der Waals surface area contributed by atoms with Crippen molar-refractivity contribution in [3.63, 3.8) is 0 Å². The van der Waals surface area contributed by atoms with E-state index in [1.54, 1.807) is 18.3 Å². The molecule has 20 heavy (non-hydrogen) atoms. The molecule has 0 aliphatic carbocycles. The molecule has 1 amide bonds. The van der Waals surface area contributed by atoms with Crippen molar-refractivity contribution in [2.45, 2.75) is 19.1 Å². The Morgan fingerprint density at radius 3 is 3.05 bits per heavy atom. The van der Waals surface area contributed by atoms with E-state index in [9.17, 15) is 4.79 Å². The SMILES string of the molecule is C[C@]1(C(N)=O)CN(Cc2cc3ccccc3s2)CCO1. The van der Waals surface area contributed by atoms with Crippen molar-refractivity contribution in [2.75, 3.05) is 19.7 Å². The summed E-state index contributed by atoms with van der Waals surface area (Å²) in [5.74, 6) is -0.390. The Labute approximate surface area is 122 Å². The summed E-state index contributed by atoms with van der Waals surface area (Å²) in [5, 5.41) is 1.28. The summed E-state index contributed by atoms with van der Waals surface area (Å²) in [4.78, 5) is 15.0. The summed E-state index contributed by atoms with van der Waals surface area (Å²) in [6.45, 7) is 4.54. The monoisotopic (exact) mass is 290 g/mol. The molecule has 0 bridgehead atoms. The molecule has 0 saturated carbocycles. The minimum absolute atomic E-state index is 0.390. The van der Waals surface area contributed by atoms with E-state index in [0.717, 1.165) is 13.1 Å². The lowest BCUT2D eigenvalue weighted by atomic mass is 10.0. The summed E-state index contributed by atoms with van der Waals surface area (Å²) in [5.41, 5.74) is 4.56. The molecule has 1 aromatic heterocycles. The number of fused-ring (bicyclic) bond motifs is 1. The number of thiophene rings is 1. The van der Waals surface area contributed by atoms with E-state index >= 15 is 0 Å². The quantitative estimate of drug-likeness (QED) is 0.940. The molecule has 1 aliphatic heterocycles. The molecule has 1 aliphatic rings. The van der Waals surface area contributed by atoms with Gasteiger partial charge in [-0.15, -0.1) is 11.3 Å². The highest BCUT2D eigenvalue weighted by molar-refractivity contribution is 7.19. The first-order valence-electron chi connectivity index (χ1n) is 6.70. The van der Waals surface area contributed by atoms with Crippen LogP contribution in [0.1, 0.15) is 11.8 Å². The fourth-order valence-electron chi connectivity index (χ4n) is 2.57. The number of nitrogens with zero attached hydrogens (tertiary/aromatic N) is 1. The number of carbonyl (C=O) groups is 1. The third-order valence-corrected chi connectivity index (χ3v) is 4.83. The van der Waals surface area contributed by atoms with Gasteiger partial charge in [0.1, 0.15) is 0 Å². The molecule has 0 unspecified atom stereocenters. The number of amides is 1. The molecule has 1 atom stereocenters. The lowest BCUT2D eigenvalue weighted by molar-refractivity contribution is -0.153. The first kappa shape index (κ1) is 13.5. The molecule has 2 aromatic rings. The maximum absolute atomic E-state index is 11.5. The smallest absolute Gasteiger partial charge is 0.250 e. The van der Waals surface area contributed by atoms with Gasteiger partial charge in [0.05, 0.1) is 6.61 Å². The van der Waals surface area contributed by atoms with E-state index < -0.39 is 11.5 Å². The fourth-order valence-corrected chi connectivity index (χ4v) is 3.68. The van der Waals surface area contributed by atoms with Crippen LogP contribution in [0.4, 0.5) is 0 Å². The Hall–Kier alpha value is -1.43. The van der Waals surface area contributed by atoms with Gasteiger partial charge in [-0.3, -0.25) is 9.69 Å². The third-order valence-electron chi connectivity index (χ3n) is 3.73. The number of nitrogens with two attached hydrogens (primary N) is 1. The molecule has 106 valence electrons. The zero-order valence-corrected chi connectivity index (χ0v) is 12.3. The summed E-state index contributed by atoms with van der Waals surface area (Å²) < 4.78 is 6.84. The van der Waals surface area contributed by atoms with Crippen LogP contribution in [0.15, 0.2) is 30.3 Å². The second-order valence-electron chi connectivity index (χ2n) is 5.40. The normalized spacial score (nSPS) is 24.1. The van der Waals surface area contributed by atoms with Crippen LogP contribution in [-0.2, 0) is 16.1 Å². The molecule has 4 nitrogen and oxygen atoms in total. The number of benzene rings is 1. The predicted octanol–water partition coefficient (Wildman–Crippen LogP) is 1.98. The van der Waals surface area contributed by atoms with Gasteiger partial charge in [0.2, 0.25) is 0 Å². The topological polar surface area (TPSA) is 55.6 Å². The summed E-state index contributed by atoms with van der Waals surface area (Å²) in [6.07, 6.45) is 0. The highest BCUT2D eigenvalue weighted by atomic mass is 32.1. The highest BCUT2D eigenvalue weighted by Crippen LogP contribution is 2.27. The second kappa shape index (κ2) is 5.16. The van der Waals surface area contributed by atoms with E-state index in [-0.39, 0.29) is 0 Å². The van der Waals surface area contributed by atoms with Gasteiger partial charge in [-0.2, -0.15) is 0 Å². The average molecular weight is 290 g/mol. The van der Waals surface area contributed by atoms with Crippen molar-refractivity contribution in [1.29, 1.82) is 0 Å². The highest BCUT2D eigenvalue weighted by Gasteiger charge is 2.37. The molecule has 3 rings (SSSR count). The number of primary amides is 1. The lowest BCUT2D eigenvalue weighted by Gasteiger charge is -2.38. The second-order valence-corrected chi connectivity index (χ2v) is 6.57. The Bertz CT molecular complexity index is 607. The lowest BCUT2D eigenvalue weighted by Crippen LogP contribution is -2.56. The van der Waals surface area contributed by atoms with E-state index in [2.05, 4.69) is 35.2 Å². The number of carbonyl (C=O) groups excluding carboxylic acids is 1. The minimum atomic E-state index is -0.866. The number of ether oxygens (including phenoxy) is 1. The van der Waals surface area contributed by atoms with Gasteiger partial charge in [-0.25, -0.2) is 0 Å². The van der Waals surface area contributed by atoms with Gasteiger partial charge >= 0.3 is 0 Å². The third kappa shape index (κ3) is 2.57. The van der Waals surface area contributed by atoms with Crippen LogP contribution in [-0.4, -0.2) is 36.1 Å². The van der Waals surface area contributed by atoms with Crippen LogP contribution >= 0.6 is 11.3 Å². The zero-order chi connectivity index (χ0) is 14.2. The molecule has 2 heterocycles. The fraction of sp³-hybridized carbons (Fsp3) is 0.400. The van der Waals surface area contributed by atoms with Crippen molar-refractivity contribution in [2.24, 2.45) is 5.73 Å². The van der Waals surface area contributed by atoms with Crippen molar-refractivity contribution in [1.82, 2.24) is 4.90 Å². The van der Waals surface area contributed by atoms with Gasteiger partial charge in [-0.05, 0) is 24.4 Å². The Morgan fingerprint density at radius 1 is 1.50 bits per heavy atom. The molecule has 1 fully saturated rings. The minimum Gasteiger partial charge on any atom is -0.367 e. The maximum atomic E-state index is 11.5. The molecular formula is C15H18N2O2S. The molecule has 1 saturated heterocycles. The molecule has 1 aromatic carbocycles. The number of morpholine rings is 1. The van der Waals surface area contributed by atoms with Crippen molar-refractivity contribution < 1.29 is 9.53 Å². The Morgan fingerprint density at radius 2 is 2.30 bits per heavy atom. The predicted molar refractivity (Wildman–Crippen MR) is 80.7 cm³/mol. The van der Waals surface area contributed by atoms with Crippen LogP contribution in [0.25, 0.3) is 10.1 Å². The Kier molecular flexibility index (Phi) is 3.50. The molecular weight excluding hydrogens is 272 g/mol. The van der Waals surface area contributed by atoms with E-state index in [1.165, 1.54) is 15.0 Å². The first-order valence-corrected chi connectivity index (χ1v) is 7.52. The summed E-state index contributed by atoms with van der Waals surface area (Å²) in [7, 11) is 0. The average Bonchev–Trinajstić information content (AvgIpc) is 2.80. The number of rotatable bonds is 3. The molecule has 2 N–H and O–H groups in total. The van der Waals surface area contributed by atoms with Gasteiger partial charge in [-0.1, -0.05) is 18.2 Å². The van der Waals surface area contributed by atoms with Crippen molar-refractivity contribution in [3.05, 3.63) is 35.2 Å². The standard InChI is InChI=1S/C15H18N2O2S/c1-15(14(16)18)10-17(6-7-19-15)9-12-8-11-4-2-3-5-13(11)20-12/h2-5,8H,6-7,9-10H2,1H3,(H2,16,18)/t15-/m1/s1. The summed E-state index contributed by atoms with van der Waals surface area (Å²) in [6, 6.07) is 10.6. The van der Waals surface area contributed by atoms with Crippen molar-refractivity contribution in [3.8, 4) is 0 Å². The number of hydrogen-bond donors (Lipinski definition) is 1.